The van der Waals surface area contributed by atoms with Gasteiger partial charge in [0, 0.05) is 17.3 Å². The normalized spacial score (nSPS) is 26.0. The minimum atomic E-state index is -1.32. The average molecular weight is 457 g/mol. The summed E-state index contributed by atoms with van der Waals surface area (Å²) in [5, 5.41) is 2.61. The van der Waals surface area contributed by atoms with Gasteiger partial charge in [-0.15, -0.1) is 0 Å². The summed E-state index contributed by atoms with van der Waals surface area (Å²) in [4.78, 5) is 27.3. The Morgan fingerprint density at radius 3 is 2.44 bits per heavy atom. The highest BCUT2D eigenvalue weighted by atomic mass is 32.2. The molecule has 2 aliphatic rings. The summed E-state index contributed by atoms with van der Waals surface area (Å²) in [6.45, 7) is 4.26. The quantitative estimate of drug-likeness (QED) is 0.642. The van der Waals surface area contributed by atoms with Crippen LogP contribution in [0.2, 0.25) is 0 Å². The van der Waals surface area contributed by atoms with Gasteiger partial charge in [-0.2, -0.15) is 0 Å². The Morgan fingerprint density at radius 1 is 1.09 bits per heavy atom. The van der Waals surface area contributed by atoms with E-state index in [0.717, 1.165) is 16.9 Å². The molecule has 1 N–H and O–H groups in total. The Kier molecular flexibility index (Phi) is 6.35. The smallest absolute Gasteiger partial charge is 0.325 e. The predicted octanol–water partition coefficient (Wildman–Crippen LogP) is 2.02. The highest BCUT2D eigenvalue weighted by molar-refractivity contribution is 7.87. The second-order valence-corrected chi connectivity index (χ2v) is 10.8. The van der Waals surface area contributed by atoms with E-state index in [1.165, 1.54) is 0 Å². The van der Waals surface area contributed by atoms with E-state index in [1.54, 1.807) is 7.11 Å². The van der Waals surface area contributed by atoms with Crippen molar-refractivity contribution in [3.63, 3.8) is 0 Å². The number of hydrogen-bond acceptors (Lipinski definition) is 6. The molecule has 4 atom stereocenters. The van der Waals surface area contributed by atoms with Gasteiger partial charge in [-0.25, -0.2) is 0 Å². The number of carbonyl (C=O) groups excluding carboxylic acids is 2. The van der Waals surface area contributed by atoms with Crippen molar-refractivity contribution in [1.29, 1.82) is 0 Å². The first-order valence-corrected chi connectivity index (χ1v) is 11.8. The molecule has 2 heterocycles. The molecule has 2 saturated heterocycles. The molecule has 2 aromatic carbocycles. The van der Waals surface area contributed by atoms with Crippen LogP contribution in [0.1, 0.15) is 25.0 Å². The molecular formula is C24H28N2O5S. The van der Waals surface area contributed by atoms with Crippen LogP contribution >= 0.6 is 0 Å². The second kappa shape index (κ2) is 9.03. The van der Waals surface area contributed by atoms with Crippen molar-refractivity contribution in [3.05, 3.63) is 65.7 Å². The third-order valence-corrected chi connectivity index (χ3v) is 8.42. The van der Waals surface area contributed by atoms with Crippen molar-refractivity contribution in [2.45, 2.75) is 49.1 Å². The van der Waals surface area contributed by atoms with E-state index < -0.39 is 27.6 Å². The SMILES string of the molecule is COc1ccc(COC(=O)C2N3CC(NC(=O)Cc4ccccc4)C3S(=O)C2(C)C)cc1. The number of methoxy groups -OCH3 is 1. The van der Waals surface area contributed by atoms with E-state index in [2.05, 4.69) is 5.32 Å². The number of benzene rings is 2. The summed E-state index contributed by atoms with van der Waals surface area (Å²) in [6.07, 6.45) is 0.271. The van der Waals surface area contributed by atoms with E-state index in [1.807, 2.05) is 73.3 Å². The van der Waals surface area contributed by atoms with Crippen molar-refractivity contribution in [1.82, 2.24) is 10.2 Å². The molecule has 1 amide bonds. The van der Waals surface area contributed by atoms with E-state index in [-0.39, 0.29) is 30.4 Å². The zero-order valence-corrected chi connectivity index (χ0v) is 19.3. The Hall–Kier alpha value is -2.71. The lowest BCUT2D eigenvalue weighted by Gasteiger charge is -2.44. The maximum absolute atomic E-state index is 13.2. The Labute approximate surface area is 190 Å². The third-order valence-electron chi connectivity index (χ3n) is 6.12. The molecule has 0 spiro atoms. The van der Waals surface area contributed by atoms with Crippen LogP contribution in [0.4, 0.5) is 0 Å². The lowest BCUT2D eigenvalue weighted by atomic mass is 9.96. The molecule has 0 saturated carbocycles. The Balaban J connectivity index is 1.37. The highest BCUT2D eigenvalue weighted by Crippen LogP contribution is 2.43. The number of fused-ring (bicyclic) bond motifs is 1. The summed E-state index contributed by atoms with van der Waals surface area (Å²) >= 11 is 0. The molecule has 32 heavy (non-hydrogen) atoms. The molecule has 4 rings (SSSR count). The van der Waals surface area contributed by atoms with Gasteiger partial charge in [0.25, 0.3) is 0 Å². The van der Waals surface area contributed by atoms with Crippen LogP contribution in [-0.2, 0) is 38.2 Å². The average Bonchev–Trinajstić information content (AvgIpc) is 2.92. The Bertz CT molecular complexity index is 1010. The van der Waals surface area contributed by atoms with Gasteiger partial charge in [0.15, 0.2) is 0 Å². The van der Waals surface area contributed by atoms with Gasteiger partial charge in [-0.1, -0.05) is 42.5 Å². The van der Waals surface area contributed by atoms with Crippen LogP contribution in [0, 0.1) is 0 Å². The zero-order valence-electron chi connectivity index (χ0n) is 18.4. The minimum absolute atomic E-state index is 0.110. The van der Waals surface area contributed by atoms with Crippen LogP contribution in [0.25, 0.3) is 0 Å². The molecule has 0 aromatic heterocycles. The Morgan fingerprint density at radius 2 is 1.78 bits per heavy atom. The molecule has 0 radical (unpaired) electrons. The van der Waals surface area contributed by atoms with Gasteiger partial charge in [0.05, 0.1) is 24.3 Å². The molecule has 170 valence electrons. The van der Waals surface area contributed by atoms with Gasteiger partial charge in [-0.05, 0) is 37.1 Å². The molecule has 2 aliphatic heterocycles. The number of nitrogens with zero attached hydrogens (tertiary/aromatic N) is 1. The largest absolute Gasteiger partial charge is 0.497 e. The van der Waals surface area contributed by atoms with Crippen molar-refractivity contribution in [3.8, 4) is 5.75 Å². The number of esters is 1. The molecule has 0 aliphatic carbocycles. The molecule has 4 unspecified atom stereocenters. The number of nitrogens with one attached hydrogen (secondary N) is 1. The van der Waals surface area contributed by atoms with Crippen LogP contribution in [-0.4, -0.2) is 56.8 Å². The van der Waals surface area contributed by atoms with Crippen molar-refractivity contribution in [2.24, 2.45) is 0 Å². The van der Waals surface area contributed by atoms with Crippen LogP contribution < -0.4 is 10.1 Å². The summed E-state index contributed by atoms with van der Waals surface area (Å²) in [7, 11) is 0.272. The molecule has 2 fully saturated rings. The fraction of sp³-hybridized carbons (Fsp3) is 0.417. The summed E-state index contributed by atoms with van der Waals surface area (Å²) in [5.74, 6) is 0.230. The number of carbonyl (C=O) groups is 2. The van der Waals surface area contributed by atoms with Gasteiger partial charge >= 0.3 is 5.97 Å². The third kappa shape index (κ3) is 4.29. The van der Waals surface area contributed by atoms with E-state index in [9.17, 15) is 13.8 Å². The highest BCUT2D eigenvalue weighted by Gasteiger charge is 2.64. The molecule has 2 aromatic rings. The number of hydrogen-bond donors (Lipinski definition) is 1. The standard InChI is InChI=1S/C24H28N2O5S/c1-24(2)21(23(28)31-15-17-9-11-18(30-3)12-10-17)26-14-19(22(26)32(24)29)25-20(27)13-16-7-5-4-6-8-16/h4-12,19,21-22H,13-15H2,1-3H3,(H,25,27). The number of rotatable bonds is 7. The number of ether oxygens (including phenoxy) is 2. The predicted molar refractivity (Wildman–Crippen MR) is 121 cm³/mol. The van der Waals surface area contributed by atoms with Crippen molar-refractivity contribution >= 4 is 22.7 Å². The lowest BCUT2D eigenvalue weighted by molar-refractivity contribution is -0.154. The van der Waals surface area contributed by atoms with Crippen LogP contribution in [0.3, 0.4) is 0 Å². The zero-order chi connectivity index (χ0) is 22.9. The van der Waals surface area contributed by atoms with Gasteiger partial charge < -0.3 is 14.8 Å². The minimum Gasteiger partial charge on any atom is -0.497 e. The van der Waals surface area contributed by atoms with Crippen LogP contribution in [0.5, 0.6) is 5.75 Å². The van der Waals surface area contributed by atoms with E-state index in [0.29, 0.717) is 6.54 Å². The first kappa shape index (κ1) is 22.5. The molecule has 0 bridgehead atoms. The fourth-order valence-electron chi connectivity index (χ4n) is 4.39. The molecule has 8 heteroatoms. The number of amides is 1. The molecular weight excluding hydrogens is 428 g/mol. The maximum atomic E-state index is 13.2. The summed E-state index contributed by atoms with van der Waals surface area (Å²) in [5.41, 5.74) is 1.77. The van der Waals surface area contributed by atoms with E-state index >= 15 is 0 Å². The topological polar surface area (TPSA) is 84.9 Å². The fourth-order valence-corrected chi connectivity index (χ4v) is 6.37. The summed E-state index contributed by atoms with van der Waals surface area (Å²) in [6, 6.07) is 15.9. The van der Waals surface area contributed by atoms with Crippen molar-refractivity contribution < 1.29 is 23.3 Å². The second-order valence-electron chi connectivity index (χ2n) is 8.68. The monoisotopic (exact) mass is 456 g/mol. The van der Waals surface area contributed by atoms with Gasteiger partial charge in [0.1, 0.15) is 23.8 Å². The molecule has 7 nitrogen and oxygen atoms in total. The summed E-state index contributed by atoms with van der Waals surface area (Å²) < 4.78 is 23.1. The van der Waals surface area contributed by atoms with E-state index in [4.69, 9.17) is 9.47 Å². The maximum Gasteiger partial charge on any atom is 0.325 e. The first-order valence-electron chi connectivity index (χ1n) is 10.6. The van der Waals surface area contributed by atoms with Crippen LogP contribution in [0.15, 0.2) is 54.6 Å². The van der Waals surface area contributed by atoms with Gasteiger partial charge in [-0.3, -0.25) is 18.7 Å². The van der Waals surface area contributed by atoms with Gasteiger partial charge in [0.2, 0.25) is 5.91 Å². The first-order chi connectivity index (χ1) is 15.3. The van der Waals surface area contributed by atoms with Crippen molar-refractivity contribution in [2.75, 3.05) is 13.7 Å². The lowest BCUT2D eigenvalue weighted by Crippen LogP contribution is -2.67.